The Hall–Kier alpha value is -1.03. The van der Waals surface area contributed by atoms with Crippen LogP contribution in [-0.2, 0) is 10.9 Å². The second-order valence-electron chi connectivity index (χ2n) is 3.87. The van der Waals surface area contributed by atoms with Crippen molar-refractivity contribution in [3.63, 3.8) is 0 Å². The Balaban J connectivity index is 2.32. The molecule has 1 aromatic carbocycles. The fraction of sp³-hybridized carbons (Fsp3) is 0.500. The monoisotopic (exact) mass is 229 g/mol. The topological polar surface area (TPSA) is 9.23 Å². The van der Waals surface area contributed by atoms with Gasteiger partial charge >= 0.3 is 6.18 Å². The number of hydrogen-bond acceptors (Lipinski definition) is 1. The predicted molar refractivity (Wildman–Crippen MR) is 52.8 cm³/mol. The molecule has 1 aromatic rings. The van der Waals surface area contributed by atoms with Crippen LogP contribution in [-0.4, -0.2) is 6.61 Å². The molecule has 87 valence electrons. The molecule has 0 aliphatic carbocycles. The van der Waals surface area contributed by atoms with Gasteiger partial charge in [-0.3, -0.25) is 0 Å². The van der Waals surface area contributed by atoms with Crippen molar-refractivity contribution in [1.82, 2.24) is 0 Å². The summed E-state index contributed by atoms with van der Waals surface area (Å²) in [5, 5.41) is 0. The van der Waals surface area contributed by atoms with Crippen molar-refractivity contribution in [1.29, 1.82) is 0 Å². The van der Waals surface area contributed by atoms with Gasteiger partial charge in [0, 0.05) is 6.61 Å². The molecule has 1 saturated heterocycles. The van der Waals surface area contributed by atoms with E-state index in [4.69, 9.17) is 4.74 Å². The molecule has 0 aromatic heterocycles. The van der Waals surface area contributed by atoms with E-state index >= 15 is 0 Å². The largest absolute Gasteiger partial charge is 0.416 e. The van der Waals surface area contributed by atoms with Crippen LogP contribution in [0.1, 0.15) is 36.5 Å². The summed E-state index contributed by atoms with van der Waals surface area (Å²) in [4.78, 5) is 0. The van der Waals surface area contributed by atoms with E-state index in [1.54, 1.807) is 0 Å². The van der Waals surface area contributed by atoms with Crippen molar-refractivity contribution in [2.45, 2.75) is 31.5 Å². The summed E-state index contributed by atoms with van der Waals surface area (Å²) in [7, 11) is 0. The van der Waals surface area contributed by atoms with E-state index < -0.39 is 17.8 Å². The van der Waals surface area contributed by atoms with Crippen LogP contribution in [0.15, 0.2) is 18.2 Å². The quantitative estimate of drug-likeness (QED) is 0.712. The summed E-state index contributed by atoms with van der Waals surface area (Å²) in [6, 6.07) is 6.42. The van der Waals surface area contributed by atoms with Gasteiger partial charge < -0.3 is 4.74 Å². The van der Waals surface area contributed by atoms with Crippen LogP contribution in [0.25, 0.3) is 0 Å². The lowest BCUT2D eigenvalue weighted by Crippen LogP contribution is -2.17. The van der Waals surface area contributed by atoms with Gasteiger partial charge in [-0.2, -0.15) is 13.2 Å². The molecule has 1 aliphatic rings. The molecular formula is C12H12F3O. The number of alkyl halides is 3. The van der Waals surface area contributed by atoms with E-state index in [2.05, 4.69) is 6.07 Å². The summed E-state index contributed by atoms with van der Waals surface area (Å²) in [5.74, 6) is 0. The Morgan fingerprint density at radius 1 is 1.31 bits per heavy atom. The summed E-state index contributed by atoms with van der Waals surface area (Å²) in [5.41, 5.74) is -0.382. The summed E-state index contributed by atoms with van der Waals surface area (Å²) in [6.45, 7) is 0.542. The number of halogens is 3. The van der Waals surface area contributed by atoms with Crippen molar-refractivity contribution in [2.75, 3.05) is 6.61 Å². The Bertz CT molecular complexity index is 354. The zero-order valence-electron chi connectivity index (χ0n) is 8.68. The molecule has 1 radical (unpaired) electrons. The van der Waals surface area contributed by atoms with Crippen LogP contribution >= 0.6 is 0 Å². The molecule has 0 spiro atoms. The minimum Gasteiger partial charge on any atom is -0.374 e. The molecule has 4 heteroatoms. The molecule has 0 amide bonds. The predicted octanol–water partition coefficient (Wildman–Crippen LogP) is 3.75. The van der Waals surface area contributed by atoms with Crippen molar-refractivity contribution in [3.8, 4) is 0 Å². The van der Waals surface area contributed by atoms with E-state index in [9.17, 15) is 13.2 Å². The smallest absolute Gasteiger partial charge is 0.374 e. The molecule has 1 nitrogen and oxygen atoms in total. The molecular weight excluding hydrogens is 217 g/mol. The zero-order chi connectivity index (χ0) is 11.6. The second-order valence-corrected chi connectivity index (χ2v) is 3.87. The van der Waals surface area contributed by atoms with Crippen LogP contribution in [0.2, 0.25) is 0 Å². The first-order valence-electron chi connectivity index (χ1n) is 5.28. The van der Waals surface area contributed by atoms with Crippen LogP contribution in [0, 0.1) is 6.07 Å². The third kappa shape index (κ3) is 2.38. The molecule has 16 heavy (non-hydrogen) atoms. The first kappa shape index (κ1) is 11.5. The van der Waals surface area contributed by atoms with Crippen LogP contribution in [0.5, 0.6) is 0 Å². The number of benzene rings is 1. The van der Waals surface area contributed by atoms with E-state index in [-0.39, 0.29) is 5.56 Å². The maximum absolute atomic E-state index is 12.7. The maximum Gasteiger partial charge on any atom is 0.416 e. The van der Waals surface area contributed by atoms with Crippen LogP contribution in [0.3, 0.4) is 0 Å². The normalized spacial score (nSPS) is 22.1. The van der Waals surface area contributed by atoms with E-state index in [0.717, 1.165) is 18.9 Å². The minimum absolute atomic E-state index is 0.242. The molecule has 0 bridgehead atoms. The van der Waals surface area contributed by atoms with E-state index in [0.29, 0.717) is 13.0 Å². The third-order valence-electron chi connectivity index (χ3n) is 2.73. The number of ether oxygens (including phenoxy) is 1. The Morgan fingerprint density at radius 2 is 2.12 bits per heavy atom. The Kier molecular flexibility index (Phi) is 3.19. The minimum atomic E-state index is -4.33. The van der Waals surface area contributed by atoms with E-state index in [1.807, 2.05) is 0 Å². The lowest BCUT2D eigenvalue weighted by molar-refractivity contribution is -0.140. The standard InChI is InChI=1S/C12H12F3O/c13-12(14,15)10-6-2-1-5-9(10)11-7-3-4-8-16-11/h1,5-6,11H,3-4,7-8H2. The van der Waals surface area contributed by atoms with Crippen LogP contribution < -0.4 is 0 Å². The van der Waals surface area contributed by atoms with Crippen molar-refractivity contribution < 1.29 is 17.9 Å². The highest BCUT2D eigenvalue weighted by Gasteiger charge is 2.35. The highest BCUT2D eigenvalue weighted by Crippen LogP contribution is 2.38. The number of hydrogen-bond donors (Lipinski definition) is 0. The van der Waals surface area contributed by atoms with Gasteiger partial charge in [-0.25, -0.2) is 0 Å². The van der Waals surface area contributed by atoms with Gasteiger partial charge in [0.25, 0.3) is 0 Å². The molecule has 1 atom stereocenters. The van der Waals surface area contributed by atoms with Crippen molar-refractivity contribution >= 4 is 0 Å². The highest BCUT2D eigenvalue weighted by molar-refractivity contribution is 5.31. The lowest BCUT2D eigenvalue weighted by Gasteiger charge is -2.25. The Labute approximate surface area is 92.2 Å². The molecule has 1 aliphatic heterocycles. The summed E-state index contributed by atoms with van der Waals surface area (Å²) in [6.07, 6.45) is -2.24. The van der Waals surface area contributed by atoms with Gasteiger partial charge in [-0.1, -0.05) is 12.1 Å². The van der Waals surface area contributed by atoms with Crippen molar-refractivity contribution in [2.24, 2.45) is 0 Å². The fourth-order valence-corrected chi connectivity index (χ4v) is 1.95. The third-order valence-corrected chi connectivity index (χ3v) is 2.73. The van der Waals surface area contributed by atoms with Crippen LogP contribution in [0.4, 0.5) is 13.2 Å². The van der Waals surface area contributed by atoms with Gasteiger partial charge in [0.15, 0.2) is 0 Å². The summed E-state index contributed by atoms with van der Waals surface area (Å²) < 4.78 is 43.6. The zero-order valence-corrected chi connectivity index (χ0v) is 8.68. The van der Waals surface area contributed by atoms with Gasteiger partial charge in [0.05, 0.1) is 11.7 Å². The maximum atomic E-state index is 12.7. The second kappa shape index (κ2) is 4.45. The molecule has 1 unspecified atom stereocenters. The molecule has 1 heterocycles. The van der Waals surface area contributed by atoms with Crippen molar-refractivity contribution in [3.05, 3.63) is 35.4 Å². The first-order chi connectivity index (χ1) is 7.59. The van der Waals surface area contributed by atoms with Gasteiger partial charge in [-0.15, -0.1) is 0 Å². The van der Waals surface area contributed by atoms with Gasteiger partial charge in [0.2, 0.25) is 0 Å². The average molecular weight is 229 g/mol. The SMILES string of the molecule is FC(F)(F)c1c[c]ccc1C1CCCCO1. The van der Waals surface area contributed by atoms with E-state index in [1.165, 1.54) is 12.1 Å². The Morgan fingerprint density at radius 3 is 2.75 bits per heavy atom. The average Bonchev–Trinajstić information content (AvgIpc) is 2.29. The van der Waals surface area contributed by atoms with Gasteiger partial charge in [0.1, 0.15) is 0 Å². The molecule has 1 fully saturated rings. The highest BCUT2D eigenvalue weighted by atomic mass is 19.4. The molecule has 0 saturated carbocycles. The summed E-state index contributed by atoms with van der Waals surface area (Å²) >= 11 is 0. The molecule has 2 rings (SSSR count). The van der Waals surface area contributed by atoms with Gasteiger partial charge in [-0.05, 0) is 37.0 Å². The molecule has 0 N–H and O–H groups in total. The first-order valence-corrected chi connectivity index (χ1v) is 5.28. The fourth-order valence-electron chi connectivity index (χ4n) is 1.95. The number of rotatable bonds is 1. The lowest BCUT2D eigenvalue weighted by atomic mass is 9.96.